The molecule has 0 heterocycles. The Morgan fingerprint density at radius 3 is 2.31 bits per heavy atom. The molecule has 0 bridgehead atoms. The van der Waals surface area contributed by atoms with E-state index in [2.05, 4.69) is 32.9 Å². The Kier molecular flexibility index (Phi) is 3.98. The number of methoxy groups -OCH3 is 1. The van der Waals surface area contributed by atoms with E-state index in [4.69, 9.17) is 4.74 Å². The molecule has 0 amide bonds. The van der Waals surface area contributed by atoms with Crippen molar-refractivity contribution in [2.45, 2.75) is 39.0 Å². The van der Waals surface area contributed by atoms with Gasteiger partial charge in [0.15, 0.2) is 0 Å². The van der Waals surface area contributed by atoms with E-state index in [0.29, 0.717) is 0 Å². The van der Waals surface area contributed by atoms with Crippen LogP contribution in [0.25, 0.3) is 0 Å². The van der Waals surface area contributed by atoms with E-state index in [1.807, 2.05) is 13.0 Å². The van der Waals surface area contributed by atoms with E-state index in [1.54, 1.807) is 7.11 Å². The fraction of sp³-hybridized carbons (Fsp3) is 0.571. The maximum Gasteiger partial charge on any atom is 0.119 e. The number of rotatable bonds is 3. The standard InChI is InChI=1S/C14H22O2/c1-10(9-15)11-6-12(14(2,3)4)8-13(7-11)16-5/h6-8,10,15H,9H2,1-5H3. The third-order valence-electron chi connectivity index (χ3n) is 2.87. The second kappa shape index (κ2) is 4.88. The van der Waals surface area contributed by atoms with Gasteiger partial charge in [0, 0.05) is 12.5 Å². The summed E-state index contributed by atoms with van der Waals surface area (Å²) in [7, 11) is 1.68. The van der Waals surface area contributed by atoms with Crippen molar-refractivity contribution in [3.05, 3.63) is 29.3 Å². The van der Waals surface area contributed by atoms with Crippen LogP contribution in [0.3, 0.4) is 0 Å². The molecule has 90 valence electrons. The number of benzene rings is 1. The van der Waals surface area contributed by atoms with Crippen LogP contribution in [0.2, 0.25) is 0 Å². The zero-order valence-electron chi connectivity index (χ0n) is 10.9. The molecule has 0 fully saturated rings. The lowest BCUT2D eigenvalue weighted by Gasteiger charge is -2.22. The van der Waals surface area contributed by atoms with Crippen LogP contribution in [-0.4, -0.2) is 18.8 Å². The number of ether oxygens (including phenoxy) is 1. The van der Waals surface area contributed by atoms with Gasteiger partial charge in [0.1, 0.15) is 5.75 Å². The fourth-order valence-electron chi connectivity index (χ4n) is 1.56. The van der Waals surface area contributed by atoms with Gasteiger partial charge in [0.25, 0.3) is 0 Å². The summed E-state index contributed by atoms with van der Waals surface area (Å²) in [5, 5.41) is 9.20. The molecule has 2 heteroatoms. The molecule has 0 radical (unpaired) electrons. The van der Waals surface area contributed by atoms with Crippen LogP contribution in [0, 0.1) is 0 Å². The van der Waals surface area contributed by atoms with Crippen LogP contribution in [-0.2, 0) is 5.41 Å². The topological polar surface area (TPSA) is 29.5 Å². The molecular formula is C14H22O2. The predicted molar refractivity (Wildman–Crippen MR) is 67.2 cm³/mol. The second-order valence-corrected chi connectivity index (χ2v) is 5.33. The largest absolute Gasteiger partial charge is 0.497 e. The van der Waals surface area contributed by atoms with Gasteiger partial charge in [-0.1, -0.05) is 33.8 Å². The molecule has 0 saturated heterocycles. The molecule has 0 spiro atoms. The summed E-state index contributed by atoms with van der Waals surface area (Å²) in [6.45, 7) is 8.71. The van der Waals surface area contributed by atoms with Gasteiger partial charge in [-0.2, -0.15) is 0 Å². The summed E-state index contributed by atoms with van der Waals surface area (Å²) in [5.74, 6) is 1.01. The van der Waals surface area contributed by atoms with Gasteiger partial charge >= 0.3 is 0 Å². The third kappa shape index (κ3) is 2.99. The highest BCUT2D eigenvalue weighted by atomic mass is 16.5. The van der Waals surface area contributed by atoms with Gasteiger partial charge in [-0.25, -0.2) is 0 Å². The number of hydrogen-bond donors (Lipinski definition) is 1. The second-order valence-electron chi connectivity index (χ2n) is 5.33. The molecule has 0 aromatic heterocycles. The molecule has 1 unspecified atom stereocenters. The van der Waals surface area contributed by atoms with Crippen molar-refractivity contribution < 1.29 is 9.84 Å². The Morgan fingerprint density at radius 2 is 1.88 bits per heavy atom. The van der Waals surface area contributed by atoms with Crippen molar-refractivity contribution in [2.24, 2.45) is 0 Å². The van der Waals surface area contributed by atoms with E-state index in [-0.39, 0.29) is 17.9 Å². The zero-order chi connectivity index (χ0) is 12.3. The summed E-state index contributed by atoms with van der Waals surface area (Å²) < 4.78 is 5.30. The lowest BCUT2D eigenvalue weighted by atomic mass is 9.84. The van der Waals surface area contributed by atoms with Gasteiger partial charge in [-0.3, -0.25) is 0 Å². The normalized spacial score (nSPS) is 13.6. The van der Waals surface area contributed by atoms with E-state index in [0.717, 1.165) is 11.3 Å². The molecule has 1 aromatic carbocycles. The van der Waals surface area contributed by atoms with Crippen LogP contribution < -0.4 is 4.74 Å². The average molecular weight is 222 g/mol. The lowest BCUT2D eigenvalue weighted by molar-refractivity contribution is 0.272. The van der Waals surface area contributed by atoms with Gasteiger partial charge in [-0.05, 0) is 28.7 Å². The van der Waals surface area contributed by atoms with E-state index >= 15 is 0 Å². The van der Waals surface area contributed by atoms with Crippen LogP contribution >= 0.6 is 0 Å². The smallest absolute Gasteiger partial charge is 0.119 e. The monoisotopic (exact) mass is 222 g/mol. The first-order chi connectivity index (χ1) is 7.38. The first-order valence-corrected chi connectivity index (χ1v) is 5.68. The van der Waals surface area contributed by atoms with E-state index in [1.165, 1.54) is 5.56 Å². The quantitative estimate of drug-likeness (QED) is 0.851. The number of hydrogen-bond acceptors (Lipinski definition) is 2. The summed E-state index contributed by atoms with van der Waals surface area (Å²) in [5.41, 5.74) is 2.47. The highest BCUT2D eigenvalue weighted by Crippen LogP contribution is 2.30. The Labute approximate surface area is 98.3 Å². The van der Waals surface area contributed by atoms with Gasteiger partial charge < -0.3 is 9.84 Å². The van der Waals surface area contributed by atoms with Crippen LogP contribution in [0.15, 0.2) is 18.2 Å². The van der Waals surface area contributed by atoms with E-state index in [9.17, 15) is 5.11 Å². The minimum absolute atomic E-state index is 0.0957. The number of aliphatic hydroxyl groups is 1. The Hall–Kier alpha value is -1.02. The summed E-state index contributed by atoms with van der Waals surface area (Å²) >= 11 is 0. The van der Waals surface area contributed by atoms with Crippen molar-refractivity contribution in [3.8, 4) is 5.75 Å². The van der Waals surface area contributed by atoms with Gasteiger partial charge in [0.05, 0.1) is 7.11 Å². The zero-order valence-corrected chi connectivity index (χ0v) is 10.9. The van der Waals surface area contributed by atoms with Crippen LogP contribution in [0.4, 0.5) is 0 Å². The molecule has 1 N–H and O–H groups in total. The maximum atomic E-state index is 9.20. The first kappa shape index (κ1) is 13.0. The Bertz CT molecular complexity index is 350. The lowest BCUT2D eigenvalue weighted by Crippen LogP contribution is -2.12. The average Bonchev–Trinajstić information content (AvgIpc) is 2.26. The molecular weight excluding hydrogens is 200 g/mol. The molecule has 1 rings (SSSR count). The Morgan fingerprint density at radius 1 is 1.25 bits per heavy atom. The maximum absolute atomic E-state index is 9.20. The SMILES string of the molecule is COc1cc(C(C)CO)cc(C(C)(C)C)c1. The molecule has 2 nitrogen and oxygen atoms in total. The predicted octanol–water partition coefficient (Wildman–Crippen LogP) is 3.09. The fourth-order valence-corrected chi connectivity index (χ4v) is 1.56. The highest BCUT2D eigenvalue weighted by molar-refractivity contribution is 5.39. The van der Waals surface area contributed by atoms with Gasteiger partial charge in [-0.15, -0.1) is 0 Å². The van der Waals surface area contributed by atoms with E-state index < -0.39 is 0 Å². The number of aliphatic hydroxyl groups excluding tert-OH is 1. The molecule has 16 heavy (non-hydrogen) atoms. The summed E-state index contributed by atoms with van der Waals surface area (Å²) in [4.78, 5) is 0. The van der Waals surface area contributed by atoms with Crippen LogP contribution in [0.1, 0.15) is 44.7 Å². The summed E-state index contributed by atoms with van der Waals surface area (Å²) in [6, 6.07) is 6.22. The minimum Gasteiger partial charge on any atom is -0.497 e. The third-order valence-corrected chi connectivity index (χ3v) is 2.87. The Balaban J connectivity index is 3.21. The van der Waals surface area contributed by atoms with Crippen LogP contribution in [0.5, 0.6) is 5.75 Å². The molecule has 1 aromatic rings. The van der Waals surface area contributed by atoms with Crippen molar-refractivity contribution in [2.75, 3.05) is 13.7 Å². The molecule has 0 aliphatic carbocycles. The molecule has 0 aliphatic heterocycles. The summed E-state index contributed by atoms with van der Waals surface area (Å²) in [6.07, 6.45) is 0. The van der Waals surface area contributed by atoms with Crippen molar-refractivity contribution in [1.82, 2.24) is 0 Å². The van der Waals surface area contributed by atoms with Crippen molar-refractivity contribution >= 4 is 0 Å². The minimum atomic E-state index is 0.0957. The van der Waals surface area contributed by atoms with Gasteiger partial charge in [0.2, 0.25) is 0 Å². The first-order valence-electron chi connectivity index (χ1n) is 5.68. The highest BCUT2D eigenvalue weighted by Gasteiger charge is 2.17. The van der Waals surface area contributed by atoms with Crippen molar-refractivity contribution in [3.63, 3.8) is 0 Å². The molecule has 0 aliphatic rings. The molecule has 1 atom stereocenters. The molecule has 0 saturated carbocycles. The van der Waals surface area contributed by atoms with Crippen molar-refractivity contribution in [1.29, 1.82) is 0 Å².